The van der Waals surface area contributed by atoms with Gasteiger partial charge in [-0.1, -0.05) is 0 Å². The van der Waals surface area contributed by atoms with E-state index in [1.807, 2.05) is 0 Å². The summed E-state index contributed by atoms with van der Waals surface area (Å²) in [6.07, 6.45) is -1.63. The van der Waals surface area contributed by atoms with Crippen LogP contribution in [0, 0.1) is 0 Å². The topological polar surface area (TPSA) is 95.9 Å². The van der Waals surface area contributed by atoms with Crippen molar-refractivity contribution in [3.8, 4) is 0 Å². The molecule has 0 aromatic heterocycles. The number of nitrogens with zero attached hydrogens (tertiary/aromatic N) is 1. The minimum atomic E-state index is -3.33. The van der Waals surface area contributed by atoms with Crippen LogP contribution in [-0.2, 0) is 14.8 Å². The predicted octanol–water partition coefficient (Wildman–Crippen LogP) is 0.154. The maximum absolute atomic E-state index is 11.5. The minimum Gasteiger partial charge on any atom is -0.444 e. The van der Waals surface area contributed by atoms with Gasteiger partial charge >= 0.3 is 6.09 Å². The highest BCUT2D eigenvalue weighted by molar-refractivity contribution is 7.89. The maximum atomic E-state index is 11.5. The molecule has 0 bridgehead atoms. The zero-order valence-electron chi connectivity index (χ0n) is 12.1. The Labute approximate surface area is 115 Å². The Morgan fingerprint density at radius 3 is 2.37 bits per heavy atom. The van der Waals surface area contributed by atoms with E-state index in [-0.39, 0.29) is 18.8 Å². The van der Waals surface area contributed by atoms with Gasteiger partial charge in [0, 0.05) is 20.1 Å². The van der Waals surface area contributed by atoms with E-state index in [2.05, 4.69) is 5.32 Å². The zero-order valence-corrected chi connectivity index (χ0v) is 13.0. The van der Waals surface area contributed by atoms with Gasteiger partial charge < -0.3 is 15.2 Å². The zero-order chi connectivity index (χ0) is 15.3. The first-order valence-corrected chi connectivity index (χ1v) is 7.67. The van der Waals surface area contributed by atoms with Crippen molar-refractivity contribution >= 4 is 16.1 Å². The molecule has 0 spiro atoms. The van der Waals surface area contributed by atoms with Gasteiger partial charge in [0.25, 0.3) is 0 Å². The van der Waals surface area contributed by atoms with Crippen LogP contribution in [0.1, 0.15) is 27.7 Å². The number of rotatable bonds is 6. The lowest BCUT2D eigenvalue weighted by atomic mass is 10.2. The molecule has 0 rings (SSSR count). The quantitative estimate of drug-likeness (QED) is 0.727. The second-order valence-corrected chi connectivity index (χ2v) is 7.58. The van der Waals surface area contributed by atoms with E-state index in [0.717, 1.165) is 4.31 Å². The molecule has 0 fully saturated rings. The molecule has 0 aliphatic carbocycles. The average molecular weight is 296 g/mol. The average Bonchev–Trinajstić information content (AvgIpc) is 2.24. The number of hydrogen-bond donors (Lipinski definition) is 2. The number of aliphatic hydroxyl groups is 1. The van der Waals surface area contributed by atoms with Crippen molar-refractivity contribution in [3.63, 3.8) is 0 Å². The summed E-state index contributed by atoms with van der Waals surface area (Å²) in [5.74, 6) is -0.0320. The number of sulfonamides is 1. The van der Waals surface area contributed by atoms with E-state index in [1.54, 1.807) is 20.8 Å². The largest absolute Gasteiger partial charge is 0.444 e. The Hall–Kier alpha value is -0.860. The van der Waals surface area contributed by atoms with Crippen LogP contribution >= 0.6 is 0 Å². The molecule has 7 nitrogen and oxygen atoms in total. The summed E-state index contributed by atoms with van der Waals surface area (Å²) in [5.41, 5.74) is -0.614. The number of likely N-dealkylation sites (N-methyl/N-ethyl adjacent to an activating group) is 1. The lowest BCUT2D eigenvalue weighted by molar-refractivity contribution is 0.0486. The fourth-order valence-electron chi connectivity index (χ4n) is 1.21. The lowest BCUT2D eigenvalue weighted by Crippen LogP contribution is -2.42. The van der Waals surface area contributed by atoms with Crippen LogP contribution in [0.4, 0.5) is 4.79 Å². The number of carbonyl (C=O) groups is 1. The van der Waals surface area contributed by atoms with E-state index in [1.165, 1.54) is 14.0 Å². The van der Waals surface area contributed by atoms with Crippen LogP contribution in [0.2, 0.25) is 0 Å². The Balaban J connectivity index is 4.14. The maximum Gasteiger partial charge on any atom is 0.407 e. The molecular formula is C11H24N2O5S. The minimum absolute atomic E-state index is 0.0320. The van der Waals surface area contributed by atoms with Crippen molar-refractivity contribution in [2.45, 2.75) is 39.4 Å². The van der Waals surface area contributed by atoms with Crippen molar-refractivity contribution in [2.75, 3.05) is 25.9 Å². The van der Waals surface area contributed by atoms with Gasteiger partial charge in [0.2, 0.25) is 10.0 Å². The number of aliphatic hydroxyl groups excluding tert-OH is 1. The van der Waals surface area contributed by atoms with E-state index >= 15 is 0 Å². The number of amides is 1. The van der Waals surface area contributed by atoms with Crippen LogP contribution in [-0.4, -0.2) is 61.5 Å². The van der Waals surface area contributed by atoms with Crippen molar-refractivity contribution in [1.29, 1.82) is 0 Å². The van der Waals surface area contributed by atoms with Crippen LogP contribution in [0.5, 0.6) is 0 Å². The summed E-state index contributed by atoms with van der Waals surface area (Å²) in [7, 11) is -1.95. The highest BCUT2D eigenvalue weighted by Gasteiger charge is 2.20. The van der Waals surface area contributed by atoms with Crippen LogP contribution in [0.15, 0.2) is 0 Å². The highest BCUT2D eigenvalue weighted by Crippen LogP contribution is 2.06. The van der Waals surface area contributed by atoms with Crippen LogP contribution < -0.4 is 5.32 Å². The summed E-state index contributed by atoms with van der Waals surface area (Å²) >= 11 is 0. The first-order chi connectivity index (χ1) is 8.48. The van der Waals surface area contributed by atoms with Gasteiger partial charge in [-0.3, -0.25) is 0 Å². The fourth-order valence-corrected chi connectivity index (χ4v) is 2.05. The first kappa shape index (κ1) is 18.1. The lowest BCUT2D eigenvalue weighted by Gasteiger charge is -2.22. The molecule has 0 saturated heterocycles. The Morgan fingerprint density at radius 2 is 1.95 bits per heavy atom. The second kappa shape index (κ2) is 7.06. The SMILES string of the molecule is CCS(=O)(=O)N(C)C[C@H](O)CNC(=O)OC(C)(C)C. The molecular weight excluding hydrogens is 272 g/mol. The Kier molecular flexibility index (Phi) is 6.74. The second-order valence-electron chi connectivity index (χ2n) is 5.22. The van der Waals surface area contributed by atoms with Gasteiger partial charge in [0.05, 0.1) is 11.9 Å². The number of nitrogens with one attached hydrogen (secondary N) is 1. The molecule has 0 saturated carbocycles. The fraction of sp³-hybridized carbons (Fsp3) is 0.909. The van der Waals surface area contributed by atoms with Crippen molar-refractivity contribution in [1.82, 2.24) is 9.62 Å². The molecule has 0 aromatic carbocycles. The van der Waals surface area contributed by atoms with Gasteiger partial charge in [-0.15, -0.1) is 0 Å². The third-order valence-electron chi connectivity index (χ3n) is 2.19. The molecule has 0 aliphatic rings. The molecule has 1 amide bonds. The normalized spacial score (nSPS) is 14.3. The molecule has 1 atom stereocenters. The van der Waals surface area contributed by atoms with Crippen LogP contribution in [0.25, 0.3) is 0 Å². The van der Waals surface area contributed by atoms with Crippen molar-refractivity contribution in [3.05, 3.63) is 0 Å². The van der Waals surface area contributed by atoms with Gasteiger partial charge in [-0.05, 0) is 27.7 Å². The summed E-state index contributed by atoms with van der Waals surface area (Å²) < 4.78 is 29.0. The van der Waals surface area contributed by atoms with E-state index in [9.17, 15) is 18.3 Å². The third-order valence-corrected chi connectivity index (χ3v) is 4.02. The molecule has 0 radical (unpaired) electrons. The Bertz CT molecular complexity index is 388. The van der Waals surface area contributed by atoms with Crippen molar-refractivity contribution < 1.29 is 23.1 Å². The molecule has 0 unspecified atom stereocenters. The number of ether oxygens (including phenoxy) is 1. The summed E-state index contributed by atoms with van der Waals surface area (Å²) in [6.45, 7) is 6.56. The third kappa shape index (κ3) is 8.02. The van der Waals surface area contributed by atoms with Gasteiger partial charge in [-0.2, -0.15) is 0 Å². The monoisotopic (exact) mass is 296 g/mol. The predicted molar refractivity (Wildman–Crippen MR) is 72.3 cm³/mol. The number of hydrogen-bond acceptors (Lipinski definition) is 5. The summed E-state index contributed by atoms with van der Waals surface area (Å²) in [5, 5.41) is 12.0. The van der Waals surface area contributed by atoms with Crippen molar-refractivity contribution in [2.24, 2.45) is 0 Å². The van der Waals surface area contributed by atoms with Gasteiger partial charge in [0.1, 0.15) is 5.60 Å². The molecule has 0 aliphatic heterocycles. The summed E-state index contributed by atoms with van der Waals surface area (Å²) in [6, 6.07) is 0. The molecule has 2 N–H and O–H groups in total. The van der Waals surface area contributed by atoms with E-state index < -0.39 is 27.8 Å². The van der Waals surface area contributed by atoms with Crippen LogP contribution in [0.3, 0.4) is 0 Å². The standard InChI is InChI=1S/C11H24N2O5S/c1-6-19(16,17)13(5)8-9(14)7-12-10(15)18-11(2,3)4/h9,14H,6-8H2,1-5H3,(H,12,15)/t9-/m1/s1. The molecule has 19 heavy (non-hydrogen) atoms. The molecule has 8 heteroatoms. The first-order valence-electron chi connectivity index (χ1n) is 6.07. The van der Waals surface area contributed by atoms with E-state index in [4.69, 9.17) is 4.74 Å². The van der Waals surface area contributed by atoms with E-state index in [0.29, 0.717) is 0 Å². The number of carbonyl (C=O) groups excluding carboxylic acids is 1. The van der Waals surface area contributed by atoms with Gasteiger partial charge in [0.15, 0.2) is 0 Å². The highest BCUT2D eigenvalue weighted by atomic mass is 32.2. The number of alkyl carbamates (subject to hydrolysis) is 1. The molecule has 0 aromatic rings. The van der Waals surface area contributed by atoms with Gasteiger partial charge in [-0.25, -0.2) is 17.5 Å². The molecule has 0 heterocycles. The molecule has 114 valence electrons. The smallest absolute Gasteiger partial charge is 0.407 e. The summed E-state index contributed by atoms with van der Waals surface area (Å²) in [4.78, 5) is 11.3. The Morgan fingerprint density at radius 1 is 1.42 bits per heavy atom.